The van der Waals surface area contributed by atoms with E-state index < -0.39 is 21.7 Å². The van der Waals surface area contributed by atoms with Gasteiger partial charge in [0.15, 0.2) is 0 Å². The van der Waals surface area contributed by atoms with E-state index in [1.807, 2.05) is 0 Å². The number of alkyl halides is 3. The lowest BCUT2D eigenvalue weighted by atomic mass is 10.2. The Labute approximate surface area is 103 Å². The number of amides is 1. The third-order valence-electron chi connectivity index (χ3n) is 1.38. The lowest BCUT2D eigenvalue weighted by Gasteiger charge is -2.16. The lowest BCUT2D eigenvalue weighted by Crippen LogP contribution is -2.45. The number of methoxy groups -OCH3 is 1. The molecule has 15 heavy (non-hydrogen) atoms. The molecule has 0 saturated carbocycles. The summed E-state index contributed by atoms with van der Waals surface area (Å²) >= 11 is 16.0. The maximum atomic E-state index is 11.2. The molecule has 0 aliphatic heterocycles. The first-order valence-electron chi connectivity index (χ1n) is 3.91. The molecule has 7 heteroatoms. The van der Waals surface area contributed by atoms with Gasteiger partial charge in [0.1, 0.15) is 6.04 Å². The van der Waals surface area contributed by atoms with Crippen molar-refractivity contribution in [1.29, 1.82) is 0 Å². The lowest BCUT2D eigenvalue weighted by molar-refractivity contribution is -0.143. The molecule has 0 aliphatic carbocycles. The van der Waals surface area contributed by atoms with Crippen LogP contribution in [0.25, 0.3) is 0 Å². The van der Waals surface area contributed by atoms with Gasteiger partial charge in [0.05, 0.1) is 7.11 Å². The van der Waals surface area contributed by atoms with E-state index in [4.69, 9.17) is 34.8 Å². The van der Waals surface area contributed by atoms with Crippen molar-refractivity contribution < 1.29 is 14.3 Å². The third kappa shape index (κ3) is 5.25. The minimum atomic E-state index is -2.10. The maximum Gasteiger partial charge on any atom is 0.332 e. The van der Waals surface area contributed by atoms with Crippen LogP contribution in [-0.2, 0) is 14.3 Å². The van der Waals surface area contributed by atoms with Crippen molar-refractivity contribution in [2.45, 2.75) is 16.8 Å². The minimum Gasteiger partial charge on any atom is -0.467 e. The van der Waals surface area contributed by atoms with Gasteiger partial charge in [-0.2, -0.15) is 0 Å². The highest BCUT2D eigenvalue weighted by Crippen LogP contribution is 2.26. The number of esters is 1. The summed E-state index contributed by atoms with van der Waals surface area (Å²) < 4.78 is 2.34. The van der Waals surface area contributed by atoms with Gasteiger partial charge in [0.25, 0.3) is 9.70 Å². The summed E-state index contributed by atoms with van der Waals surface area (Å²) in [6.45, 7) is 1.68. The second-order valence-electron chi connectivity index (χ2n) is 2.50. The molecule has 0 saturated heterocycles. The predicted octanol–water partition coefficient (Wildman–Crippen LogP) is 1.59. The largest absolute Gasteiger partial charge is 0.467 e. The topological polar surface area (TPSA) is 55.4 Å². The molecular weight excluding hydrogens is 264 g/mol. The van der Waals surface area contributed by atoms with Gasteiger partial charge in [0, 0.05) is 0 Å². The van der Waals surface area contributed by atoms with Crippen LogP contribution in [-0.4, -0.2) is 28.8 Å². The molecule has 0 unspecified atom stereocenters. The summed E-state index contributed by atoms with van der Waals surface area (Å²) in [4.78, 5) is 22.4. The molecule has 0 aliphatic rings. The summed E-state index contributed by atoms with van der Waals surface area (Å²) in [6, 6.07) is -0.955. The number of ether oxygens (including phenoxy) is 1. The number of carbonyl (C=O) groups is 2. The summed E-state index contributed by atoms with van der Waals surface area (Å²) in [6.07, 6.45) is 2.99. The van der Waals surface area contributed by atoms with Gasteiger partial charge in [0.2, 0.25) is 0 Å². The number of hydrogen-bond donors (Lipinski definition) is 1. The highest BCUT2D eigenvalue weighted by atomic mass is 35.6. The number of halogens is 3. The van der Waals surface area contributed by atoms with Crippen LogP contribution in [0.15, 0.2) is 12.2 Å². The number of carbonyl (C=O) groups excluding carboxylic acids is 2. The first-order valence-corrected chi connectivity index (χ1v) is 5.04. The molecule has 0 aromatic rings. The van der Waals surface area contributed by atoms with Gasteiger partial charge in [-0.05, 0) is 6.92 Å². The molecule has 0 bridgehead atoms. The third-order valence-corrected chi connectivity index (χ3v) is 1.90. The Bertz CT molecular complexity index is 273. The van der Waals surface area contributed by atoms with Crippen LogP contribution in [0.3, 0.4) is 0 Å². The number of hydrogen-bond acceptors (Lipinski definition) is 3. The fraction of sp³-hybridized carbons (Fsp3) is 0.500. The summed E-state index contributed by atoms with van der Waals surface area (Å²) in [5, 5.41) is 2.21. The molecule has 0 spiro atoms. The standard InChI is InChI=1S/C8H10Cl3NO3/c1-3-4-5(6(13)15-2)12-7(14)8(9,10)11/h3-5H,1-2H3,(H,12,14)/b4-3+/t5-/m0/s1. The molecule has 4 nitrogen and oxygen atoms in total. The van der Waals surface area contributed by atoms with Crippen molar-refractivity contribution >= 4 is 46.7 Å². The average molecular weight is 275 g/mol. The quantitative estimate of drug-likeness (QED) is 0.483. The highest BCUT2D eigenvalue weighted by molar-refractivity contribution is 6.76. The van der Waals surface area contributed by atoms with Gasteiger partial charge in [-0.15, -0.1) is 0 Å². The Hall–Kier alpha value is -0.450. The molecule has 0 aromatic carbocycles. The zero-order valence-electron chi connectivity index (χ0n) is 8.09. The van der Waals surface area contributed by atoms with E-state index in [1.54, 1.807) is 13.0 Å². The van der Waals surface area contributed by atoms with Crippen LogP contribution in [0.5, 0.6) is 0 Å². The smallest absolute Gasteiger partial charge is 0.332 e. The fourth-order valence-electron chi connectivity index (χ4n) is 0.728. The van der Waals surface area contributed by atoms with E-state index in [9.17, 15) is 9.59 Å². The zero-order chi connectivity index (χ0) is 12.1. The molecule has 1 amide bonds. The molecule has 0 aromatic heterocycles. The summed E-state index contributed by atoms with van der Waals surface area (Å²) in [5.41, 5.74) is 0. The Morgan fingerprint density at radius 1 is 1.40 bits per heavy atom. The first kappa shape index (κ1) is 14.6. The number of nitrogens with one attached hydrogen (secondary N) is 1. The highest BCUT2D eigenvalue weighted by Gasteiger charge is 2.33. The van der Waals surface area contributed by atoms with Crippen LogP contribution in [0.1, 0.15) is 6.92 Å². The molecule has 0 fully saturated rings. The van der Waals surface area contributed by atoms with Crippen molar-refractivity contribution in [2.75, 3.05) is 7.11 Å². The van der Waals surface area contributed by atoms with Crippen LogP contribution >= 0.6 is 34.8 Å². The number of rotatable bonds is 3. The van der Waals surface area contributed by atoms with Gasteiger partial charge in [-0.3, -0.25) is 4.79 Å². The fourth-order valence-corrected chi connectivity index (χ4v) is 0.892. The molecule has 1 N–H and O–H groups in total. The maximum absolute atomic E-state index is 11.2. The molecular formula is C8H10Cl3NO3. The van der Waals surface area contributed by atoms with Crippen LogP contribution in [0.4, 0.5) is 0 Å². The number of allylic oxidation sites excluding steroid dienone is 1. The molecule has 1 atom stereocenters. The van der Waals surface area contributed by atoms with Crippen molar-refractivity contribution in [3.63, 3.8) is 0 Å². The molecule has 86 valence electrons. The Kier molecular flexibility index (Phi) is 6.02. The monoisotopic (exact) mass is 273 g/mol. The second kappa shape index (κ2) is 6.20. The Balaban J connectivity index is 4.56. The van der Waals surface area contributed by atoms with Crippen molar-refractivity contribution in [1.82, 2.24) is 5.32 Å². The summed E-state index contributed by atoms with van der Waals surface area (Å²) in [7, 11) is 1.19. The van der Waals surface area contributed by atoms with E-state index in [2.05, 4.69) is 10.1 Å². The van der Waals surface area contributed by atoms with E-state index in [0.717, 1.165) is 0 Å². The van der Waals surface area contributed by atoms with E-state index >= 15 is 0 Å². The second-order valence-corrected chi connectivity index (χ2v) is 4.78. The predicted molar refractivity (Wildman–Crippen MR) is 59.1 cm³/mol. The first-order chi connectivity index (χ1) is 6.82. The van der Waals surface area contributed by atoms with Crippen molar-refractivity contribution in [3.05, 3.63) is 12.2 Å². The van der Waals surface area contributed by atoms with Crippen LogP contribution < -0.4 is 5.32 Å². The van der Waals surface area contributed by atoms with Gasteiger partial charge in [-0.25, -0.2) is 4.79 Å². The average Bonchev–Trinajstić information content (AvgIpc) is 2.14. The van der Waals surface area contributed by atoms with Crippen molar-refractivity contribution in [3.8, 4) is 0 Å². The van der Waals surface area contributed by atoms with Gasteiger partial charge < -0.3 is 10.1 Å². The molecule has 0 heterocycles. The van der Waals surface area contributed by atoms with Gasteiger partial charge in [-0.1, -0.05) is 47.0 Å². The van der Waals surface area contributed by atoms with Crippen LogP contribution in [0.2, 0.25) is 0 Å². The van der Waals surface area contributed by atoms with E-state index in [-0.39, 0.29) is 0 Å². The zero-order valence-corrected chi connectivity index (χ0v) is 10.4. The molecule has 0 radical (unpaired) electrons. The van der Waals surface area contributed by atoms with E-state index in [0.29, 0.717) is 0 Å². The van der Waals surface area contributed by atoms with E-state index in [1.165, 1.54) is 13.2 Å². The van der Waals surface area contributed by atoms with Gasteiger partial charge >= 0.3 is 5.97 Å². The SMILES string of the molecule is C/C=C/[C@H](NC(=O)C(Cl)(Cl)Cl)C(=O)OC. The summed E-state index contributed by atoms with van der Waals surface area (Å²) in [5.74, 6) is -1.53. The van der Waals surface area contributed by atoms with Crippen LogP contribution in [0, 0.1) is 0 Å². The Morgan fingerprint density at radius 3 is 2.27 bits per heavy atom. The van der Waals surface area contributed by atoms with Crippen molar-refractivity contribution in [2.24, 2.45) is 0 Å². The minimum absolute atomic E-state index is 0.643. The normalized spacial score (nSPS) is 13.7. The molecule has 0 rings (SSSR count). The Morgan fingerprint density at radius 2 is 1.93 bits per heavy atom.